The molecular weight excluding hydrogens is 460 g/mol. The van der Waals surface area contributed by atoms with Crippen LogP contribution < -0.4 is 5.32 Å². The van der Waals surface area contributed by atoms with Crippen molar-refractivity contribution in [3.63, 3.8) is 0 Å². The molecule has 2 aliphatic rings. The van der Waals surface area contributed by atoms with Crippen LogP contribution in [-0.2, 0) is 9.47 Å². The lowest BCUT2D eigenvalue weighted by Crippen LogP contribution is -2.52. The Balaban J connectivity index is 0.000000361. The summed E-state index contributed by atoms with van der Waals surface area (Å²) in [6.45, 7) is 23.5. The molecule has 0 aromatic rings. The van der Waals surface area contributed by atoms with Gasteiger partial charge in [-0.1, -0.05) is 21.6 Å². The Hall–Kier alpha value is -0.840. The summed E-state index contributed by atoms with van der Waals surface area (Å²) in [6, 6.07) is 0. The zero-order valence-corrected chi connectivity index (χ0v) is 23.8. The Morgan fingerprint density at radius 3 is 1.58 bits per heavy atom. The van der Waals surface area contributed by atoms with Gasteiger partial charge in [0.15, 0.2) is 0 Å². The summed E-state index contributed by atoms with van der Waals surface area (Å²) in [5.74, 6) is 0. The van der Waals surface area contributed by atoms with Gasteiger partial charge < -0.3 is 24.6 Å². The maximum Gasteiger partial charge on any atom is 0.410 e. The van der Waals surface area contributed by atoms with Crippen LogP contribution in [0, 0.1) is 0 Å². The van der Waals surface area contributed by atoms with Crippen LogP contribution >= 0.6 is 21.6 Å². The van der Waals surface area contributed by atoms with Crippen molar-refractivity contribution in [2.75, 3.05) is 65.2 Å². The lowest BCUT2D eigenvalue weighted by atomic mass is 10.1. The molecule has 0 bridgehead atoms. The van der Waals surface area contributed by atoms with Crippen molar-refractivity contribution in [2.45, 2.75) is 71.3 Å². The minimum atomic E-state index is -0.412. The number of carbonyl (C=O) groups excluding carboxylic acids is 2. The standard InChI is InChI=1S/C14H28N2O2S2.C9H18N2O2/c1-13(2,3)18-12(17)16-9-7-15(8-10-16)11-14(4,5)20-19-6;1-9(2,3)13-8(12)11-6-4-10-5-7-11/h7-11H2,1-6H3;10H,4-7H2,1-3H3. The van der Waals surface area contributed by atoms with Crippen LogP contribution in [0.4, 0.5) is 9.59 Å². The first kappa shape index (κ1) is 30.2. The SMILES string of the molecule is CC(C)(C)OC(=O)N1CCNCC1.CSSC(C)(C)CN1CCN(C(=O)OC(C)(C)C)CC1. The number of amides is 2. The molecule has 33 heavy (non-hydrogen) atoms. The average Bonchev–Trinajstić information content (AvgIpc) is 2.66. The van der Waals surface area contributed by atoms with Crippen LogP contribution in [-0.4, -0.2) is 108 Å². The molecule has 0 spiro atoms. The summed E-state index contributed by atoms with van der Waals surface area (Å²) in [5, 5.41) is 3.18. The molecule has 2 fully saturated rings. The van der Waals surface area contributed by atoms with Gasteiger partial charge in [-0.25, -0.2) is 9.59 Å². The molecular formula is C23H46N4O4S2. The molecule has 0 aromatic heterocycles. The Morgan fingerprint density at radius 1 is 0.758 bits per heavy atom. The van der Waals surface area contributed by atoms with Gasteiger partial charge in [0.25, 0.3) is 0 Å². The van der Waals surface area contributed by atoms with Crippen molar-refractivity contribution in [1.29, 1.82) is 0 Å². The highest BCUT2D eigenvalue weighted by molar-refractivity contribution is 8.76. The van der Waals surface area contributed by atoms with Crippen LogP contribution in [0.2, 0.25) is 0 Å². The Morgan fingerprint density at radius 2 is 1.18 bits per heavy atom. The largest absolute Gasteiger partial charge is 0.444 e. The highest BCUT2D eigenvalue weighted by atomic mass is 33.1. The van der Waals surface area contributed by atoms with Gasteiger partial charge in [-0.15, -0.1) is 0 Å². The van der Waals surface area contributed by atoms with E-state index in [1.165, 1.54) is 0 Å². The van der Waals surface area contributed by atoms with E-state index in [2.05, 4.69) is 30.3 Å². The third kappa shape index (κ3) is 13.6. The van der Waals surface area contributed by atoms with E-state index in [4.69, 9.17) is 9.47 Å². The highest BCUT2D eigenvalue weighted by Crippen LogP contribution is 2.34. The first-order chi connectivity index (χ1) is 15.1. The number of carbonyl (C=O) groups is 2. The number of hydrogen-bond donors (Lipinski definition) is 1. The fourth-order valence-corrected chi connectivity index (χ4v) is 5.58. The summed E-state index contributed by atoms with van der Waals surface area (Å²) in [6.07, 6.45) is 1.73. The van der Waals surface area contributed by atoms with Gasteiger partial charge in [0.05, 0.1) is 0 Å². The van der Waals surface area contributed by atoms with Gasteiger partial charge in [0.2, 0.25) is 0 Å². The number of nitrogens with zero attached hydrogens (tertiary/aromatic N) is 3. The lowest BCUT2D eigenvalue weighted by molar-refractivity contribution is 0.0140. The van der Waals surface area contributed by atoms with Crippen LogP contribution in [0.1, 0.15) is 55.4 Å². The van der Waals surface area contributed by atoms with Crippen LogP contribution in [0.3, 0.4) is 0 Å². The molecule has 0 saturated carbocycles. The molecule has 2 heterocycles. The molecule has 8 nitrogen and oxygen atoms in total. The minimum absolute atomic E-state index is 0.185. The fourth-order valence-electron chi connectivity index (χ4n) is 3.38. The van der Waals surface area contributed by atoms with Gasteiger partial charge in [-0.2, -0.15) is 0 Å². The van der Waals surface area contributed by atoms with Crippen molar-refractivity contribution in [3.8, 4) is 0 Å². The van der Waals surface area contributed by atoms with E-state index in [0.717, 1.165) is 58.9 Å². The molecule has 0 atom stereocenters. The van der Waals surface area contributed by atoms with E-state index < -0.39 is 5.60 Å². The summed E-state index contributed by atoms with van der Waals surface area (Å²) >= 11 is 0. The van der Waals surface area contributed by atoms with E-state index in [1.807, 2.05) is 68.0 Å². The topological polar surface area (TPSA) is 74.4 Å². The van der Waals surface area contributed by atoms with Gasteiger partial charge in [-0.3, -0.25) is 4.90 Å². The Kier molecular flexibility index (Phi) is 12.2. The Bertz CT molecular complexity index is 607. The van der Waals surface area contributed by atoms with Crippen LogP contribution in [0.5, 0.6) is 0 Å². The second kappa shape index (κ2) is 13.3. The zero-order valence-electron chi connectivity index (χ0n) is 22.2. The predicted molar refractivity (Wildman–Crippen MR) is 140 cm³/mol. The molecule has 2 rings (SSSR count). The average molecular weight is 507 g/mol. The van der Waals surface area contributed by atoms with Crippen LogP contribution in [0.25, 0.3) is 0 Å². The second-order valence-electron chi connectivity index (χ2n) is 11.0. The van der Waals surface area contributed by atoms with Crippen molar-refractivity contribution in [2.24, 2.45) is 0 Å². The maximum absolute atomic E-state index is 12.0. The maximum atomic E-state index is 12.0. The molecule has 0 aromatic carbocycles. The number of rotatable bonds is 4. The first-order valence-corrected chi connectivity index (χ1v) is 14.3. The molecule has 194 valence electrons. The summed E-state index contributed by atoms with van der Waals surface area (Å²) in [5.41, 5.74) is -0.798. The zero-order chi connectivity index (χ0) is 25.3. The molecule has 2 aliphatic heterocycles. The third-order valence-electron chi connectivity index (χ3n) is 4.71. The van der Waals surface area contributed by atoms with Crippen molar-refractivity contribution < 1.29 is 19.1 Å². The van der Waals surface area contributed by atoms with Crippen molar-refractivity contribution in [3.05, 3.63) is 0 Å². The molecule has 1 N–H and O–H groups in total. The first-order valence-electron chi connectivity index (χ1n) is 11.7. The van der Waals surface area contributed by atoms with Gasteiger partial charge in [-0.05, 0) is 61.6 Å². The fraction of sp³-hybridized carbons (Fsp3) is 0.913. The van der Waals surface area contributed by atoms with Gasteiger partial charge in [0, 0.05) is 63.6 Å². The predicted octanol–water partition coefficient (Wildman–Crippen LogP) is 4.16. The monoisotopic (exact) mass is 506 g/mol. The second-order valence-corrected chi connectivity index (χ2v) is 14.1. The van der Waals surface area contributed by atoms with E-state index in [9.17, 15) is 9.59 Å². The highest BCUT2D eigenvalue weighted by Gasteiger charge is 2.29. The van der Waals surface area contributed by atoms with E-state index in [-0.39, 0.29) is 22.5 Å². The summed E-state index contributed by atoms with van der Waals surface area (Å²) in [4.78, 5) is 29.5. The number of nitrogens with one attached hydrogen (secondary N) is 1. The van der Waals surface area contributed by atoms with Gasteiger partial charge in [0.1, 0.15) is 11.2 Å². The lowest BCUT2D eigenvalue weighted by Gasteiger charge is -2.38. The minimum Gasteiger partial charge on any atom is -0.444 e. The summed E-state index contributed by atoms with van der Waals surface area (Å²) in [7, 11) is 3.73. The molecule has 0 radical (unpaired) electrons. The number of piperazine rings is 2. The van der Waals surface area contributed by atoms with E-state index in [1.54, 1.807) is 4.90 Å². The molecule has 2 saturated heterocycles. The molecule has 0 unspecified atom stereocenters. The van der Waals surface area contributed by atoms with Crippen LogP contribution in [0.15, 0.2) is 0 Å². The smallest absolute Gasteiger partial charge is 0.410 e. The third-order valence-corrected chi connectivity index (χ3v) is 7.31. The van der Waals surface area contributed by atoms with Gasteiger partial charge >= 0.3 is 12.2 Å². The van der Waals surface area contributed by atoms with E-state index in [0.29, 0.717) is 0 Å². The molecule has 0 aliphatic carbocycles. The normalized spacial score (nSPS) is 18.3. The quantitative estimate of drug-likeness (QED) is 0.570. The molecule has 2 amide bonds. The number of hydrogen-bond acceptors (Lipinski definition) is 8. The van der Waals surface area contributed by atoms with Crippen molar-refractivity contribution in [1.82, 2.24) is 20.0 Å². The van der Waals surface area contributed by atoms with Crippen molar-refractivity contribution >= 4 is 33.8 Å². The molecule has 10 heteroatoms. The summed E-state index contributed by atoms with van der Waals surface area (Å²) < 4.78 is 10.9. The van der Waals surface area contributed by atoms with E-state index >= 15 is 0 Å². The number of ether oxygens (including phenoxy) is 2. The Labute approximate surface area is 209 Å².